The van der Waals surface area contributed by atoms with Crippen LogP contribution in [-0.4, -0.2) is 63.3 Å². The number of nitrogens with zero attached hydrogens (tertiary/aromatic N) is 2. The van der Waals surface area contributed by atoms with Crippen LogP contribution in [0, 0.1) is 51.4 Å². The van der Waals surface area contributed by atoms with Gasteiger partial charge in [-0.2, -0.15) is 5.06 Å². The van der Waals surface area contributed by atoms with Gasteiger partial charge in [0.05, 0.1) is 27.9 Å². The molecule has 7 heteroatoms. The summed E-state index contributed by atoms with van der Waals surface area (Å²) in [7, 11) is 0. The minimum absolute atomic E-state index is 0.0798. The van der Waals surface area contributed by atoms with E-state index in [9.17, 15) is 20.2 Å². The number of hydrogen-bond donors (Lipinski definition) is 4. The Kier molecular flexibility index (Phi) is 6.52. The van der Waals surface area contributed by atoms with Gasteiger partial charge in [-0.25, -0.2) is 0 Å². The number of rotatable bonds is 5. The van der Waals surface area contributed by atoms with Crippen molar-refractivity contribution in [3.05, 3.63) is 17.0 Å². The van der Waals surface area contributed by atoms with Crippen LogP contribution in [0.25, 0.3) is 4.85 Å². The molecule has 11 atom stereocenters. The maximum absolute atomic E-state index is 14.0. The van der Waals surface area contributed by atoms with E-state index in [2.05, 4.69) is 46.5 Å². The van der Waals surface area contributed by atoms with E-state index >= 15 is 0 Å². The van der Waals surface area contributed by atoms with Crippen molar-refractivity contribution in [3.63, 3.8) is 0 Å². The third kappa shape index (κ3) is 3.02. The van der Waals surface area contributed by atoms with Crippen molar-refractivity contribution in [3.8, 4) is 6.57 Å². The van der Waals surface area contributed by atoms with E-state index in [-0.39, 0.29) is 29.3 Å². The van der Waals surface area contributed by atoms with E-state index in [1.807, 2.05) is 0 Å². The fraction of sp³-hybridized carbons (Fsp3) is 0.882. The van der Waals surface area contributed by atoms with E-state index in [0.29, 0.717) is 37.8 Å². The predicted molar refractivity (Wildman–Crippen MR) is 159 cm³/mol. The van der Waals surface area contributed by atoms with E-state index < -0.39 is 33.4 Å². The molecule has 4 N–H and O–H groups in total. The molecular formula is C34H54N3O4+. The lowest BCUT2D eigenvalue weighted by atomic mass is 9.26. The molecule has 7 nitrogen and oxygen atoms in total. The molecule has 5 saturated carbocycles. The summed E-state index contributed by atoms with van der Waals surface area (Å²) in [6.07, 6.45) is 8.78. The van der Waals surface area contributed by atoms with Crippen LogP contribution in [0.1, 0.15) is 105 Å². The molecule has 0 aromatic heterocycles. The van der Waals surface area contributed by atoms with Crippen LogP contribution in [0.2, 0.25) is 0 Å². The molecule has 228 valence electrons. The Morgan fingerprint density at radius 2 is 1.73 bits per heavy atom. The molecule has 6 aliphatic rings. The van der Waals surface area contributed by atoms with Crippen molar-refractivity contribution in [2.75, 3.05) is 19.7 Å². The number of hydroxylamine groups is 2. The lowest BCUT2D eigenvalue weighted by molar-refractivity contribution is -0.410. The summed E-state index contributed by atoms with van der Waals surface area (Å²) in [4.78, 5) is 19.0. The number of allylic oxidation sites excluding steroid dienone is 1. The normalized spacial score (nSPS) is 53.8. The summed E-state index contributed by atoms with van der Waals surface area (Å²) in [6.45, 7) is 23.7. The van der Waals surface area contributed by atoms with Gasteiger partial charge in [0, 0.05) is 31.5 Å². The van der Waals surface area contributed by atoms with Crippen molar-refractivity contribution in [2.24, 2.45) is 44.8 Å². The third-order valence-corrected chi connectivity index (χ3v) is 15.6. The second-order valence-corrected chi connectivity index (χ2v) is 16.1. The molecule has 0 radical (unpaired) electrons. The molecule has 1 aliphatic heterocycles. The van der Waals surface area contributed by atoms with Gasteiger partial charge in [0.15, 0.2) is 0 Å². The summed E-state index contributed by atoms with van der Waals surface area (Å²) in [6, 6.07) is 0. The Bertz CT molecular complexity index is 1180. The summed E-state index contributed by atoms with van der Waals surface area (Å²) in [5.74, 6) is 1.05. The number of carbonyl (C=O) groups excluding carboxylic acids is 1. The minimum atomic E-state index is -0.554. The SMILES string of the molecule is C#[N+][C@]12CCC3[C@H]4[C@H](C(=C)C)CC[C@]4(C(=O)NCCCO)CC[C@@]3(C)[C@]1(C)CC[C@@]13N(O)C[C@]1(C)[C@@H](O)CC[C@]23C. The largest absolute Gasteiger partial charge is 0.396 e. The quantitative estimate of drug-likeness (QED) is 0.263. The van der Waals surface area contributed by atoms with Crippen LogP contribution in [0.4, 0.5) is 0 Å². The average Bonchev–Trinajstić information content (AvgIpc) is 3.33. The van der Waals surface area contributed by atoms with E-state index in [0.717, 1.165) is 57.8 Å². The number of carbonyl (C=O) groups is 1. The topological polar surface area (TPSA) is 97.4 Å². The number of amides is 1. The number of hydrogen-bond acceptors (Lipinski definition) is 5. The molecule has 6 rings (SSSR count). The van der Waals surface area contributed by atoms with E-state index in [4.69, 9.17) is 11.4 Å². The summed E-state index contributed by atoms with van der Waals surface area (Å²) in [5, 5.41) is 36.8. The lowest BCUT2D eigenvalue weighted by Crippen LogP contribution is -2.90. The second kappa shape index (κ2) is 9.03. The maximum Gasteiger partial charge on any atom is 0.293 e. The molecule has 1 unspecified atom stereocenters. The monoisotopic (exact) mass is 568 g/mol. The fourth-order valence-corrected chi connectivity index (χ4v) is 13.3. The highest BCUT2D eigenvalue weighted by molar-refractivity contribution is 5.84. The first kappa shape index (κ1) is 29.6. The van der Waals surface area contributed by atoms with Gasteiger partial charge >= 0.3 is 0 Å². The number of nitrogens with one attached hydrogen (secondary N) is 1. The van der Waals surface area contributed by atoms with Gasteiger partial charge in [-0.3, -0.25) is 4.79 Å². The van der Waals surface area contributed by atoms with Crippen molar-refractivity contribution < 1.29 is 20.2 Å². The number of fused-ring (bicyclic) bond motifs is 6. The van der Waals surface area contributed by atoms with Crippen molar-refractivity contribution in [1.82, 2.24) is 10.4 Å². The summed E-state index contributed by atoms with van der Waals surface area (Å²) >= 11 is 0. The summed E-state index contributed by atoms with van der Waals surface area (Å²) in [5.41, 5.74) is -1.41. The Balaban J connectivity index is 1.45. The van der Waals surface area contributed by atoms with Gasteiger partial charge in [0.1, 0.15) is 0 Å². The van der Waals surface area contributed by atoms with Gasteiger partial charge in [0.25, 0.3) is 12.1 Å². The average molecular weight is 569 g/mol. The highest BCUT2D eigenvalue weighted by Crippen LogP contribution is 2.82. The second-order valence-electron chi connectivity index (χ2n) is 16.1. The Morgan fingerprint density at radius 3 is 2.37 bits per heavy atom. The molecule has 5 aliphatic carbocycles. The van der Waals surface area contributed by atoms with E-state index in [1.54, 1.807) is 5.06 Å². The predicted octanol–water partition coefficient (Wildman–Crippen LogP) is 5.40. The first-order valence-corrected chi connectivity index (χ1v) is 16.3. The van der Waals surface area contributed by atoms with Crippen LogP contribution >= 0.6 is 0 Å². The standard InChI is InChI=1S/C34H53N3O4/c1-22(2)23-9-13-32(27(40)36-19-8-20-38)17-15-28(3)24(26(23)32)10-14-33(35-7)30(28,5)16-18-34-29(4,21-37(34)41)25(39)11-12-31(33,34)6/h7,23-26,38-39,41H,1,8-21H2,2-6H3/p+1/t23-,24?,25-,26+,28+,29+,30-,31+,32-,33+,34+/m0/s1. The zero-order valence-electron chi connectivity index (χ0n) is 26.1. The molecule has 1 amide bonds. The van der Waals surface area contributed by atoms with Crippen LogP contribution in [-0.2, 0) is 4.79 Å². The molecular weight excluding hydrogens is 514 g/mol. The van der Waals surface area contributed by atoms with Crippen LogP contribution in [0.3, 0.4) is 0 Å². The van der Waals surface area contributed by atoms with Crippen molar-refractivity contribution >= 4 is 5.91 Å². The van der Waals surface area contributed by atoms with Gasteiger partial charge in [-0.15, -0.1) is 0 Å². The van der Waals surface area contributed by atoms with Gasteiger partial charge in [-0.1, -0.05) is 37.8 Å². The zero-order valence-corrected chi connectivity index (χ0v) is 26.1. The van der Waals surface area contributed by atoms with Gasteiger partial charge < -0.3 is 20.7 Å². The molecule has 0 bridgehead atoms. The molecule has 0 aromatic carbocycles. The smallest absolute Gasteiger partial charge is 0.293 e. The third-order valence-electron chi connectivity index (χ3n) is 15.6. The lowest BCUT2D eigenvalue weighted by Gasteiger charge is -2.79. The maximum atomic E-state index is 14.0. The molecule has 6 fully saturated rings. The Hall–Kier alpha value is -1.46. The molecule has 0 aromatic rings. The first-order chi connectivity index (χ1) is 19.2. The summed E-state index contributed by atoms with van der Waals surface area (Å²) < 4.78 is 0. The molecule has 41 heavy (non-hydrogen) atoms. The van der Waals surface area contributed by atoms with E-state index in [1.165, 1.54) is 5.57 Å². The fourth-order valence-electron chi connectivity index (χ4n) is 13.3. The van der Waals surface area contributed by atoms with Crippen LogP contribution < -0.4 is 5.32 Å². The molecule has 1 saturated heterocycles. The number of aliphatic hydroxyl groups is 2. The van der Waals surface area contributed by atoms with Gasteiger partial charge in [-0.05, 0) is 101 Å². The Morgan fingerprint density at radius 1 is 1.00 bits per heavy atom. The van der Waals surface area contributed by atoms with Crippen LogP contribution in [0.5, 0.6) is 0 Å². The van der Waals surface area contributed by atoms with Crippen molar-refractivity contribution in [1.29, 1.82) is 0 Å². The number of aliphatic hydroxyl groups excluding tert-OH is 2. The highest BCUT2D eigenvalue weighted by Gasteiger charge is 2.89. The van der Waals surface area contributed by atoms with Crippen LogP contribution in [0.15, 0.2) is 12.2 Å². The minimum Gasteiger partial charge on any atom is -0.396 e. The van der Waals surface area contributed by atoms with Gasteiger partial charge in [0.2, 0.25) is 5.91 Å². The molecule has 1 heterocycles. The Labute approximate surface area is 246 Å². The highest BCUT2D eigenvalue weighted by atomic mass is 16.5. The zero-order chi connectivity index (χ0) is 29.9. The van der Waals surface area contributed by atoms with Crippen molar-refractivity contribution in [2.45, 2.75) is 122 Å². The first-order valence-electron chi connectivity index (χ1n) is 16.3. The molecule has 1 spiro atoms.